The molecule has 28 heavy (non-hydrogen) atoms. The van der Waals surface area contributed by atoms with E-state index < -0.39 is 0 Å². The number of carbonyl (C=O) groups is 2. The number of aromatic nitrogens is 3. The molecule has 4 rings (SSSR count). The van der Waals surface area contributed by atoms with Gasteiger partial charge in [0.2, 0.25) is 5.91 Å². The monoisotopic (exact) mass is 381 g/mol. The summed E-state index contributed by atoms with van der Waals surface area (Å²) in [6.07, 6.45) is 6.67. The van der Waals surface area contributed by atoms with Crippen LogP contribution in [0.4, 0.5) is 0 Å². The van der Waals surface area contributed by atoms with Crippen molar-refractivity contribution in [3.63, 3.8) is 0 Å². The van der Waals surface area contributed by atoms with Gasteiger partial charge in [0, 0.05) is 55.7 Å². The molecule has 1 atom stereocenters. The smallest absolute Gasteiger partial charge is 0.253 e. The normalized spacial score (nSPS) is 20.2. The van der Waals surface area contributed by atoms with E-state index >= 15 is 0 Å². The Bertz CT molecular complexity index is 868. The number of amides is 2. The molecule has 7 heteroatoms. The fourth-order valence-corrected chi connectivity index (χ4v) is 4.31. The Morgan fingerprint density at radius 3 is 2.57 bits per heavy atom. The first-order valence-corrected chi connectivity index (χ1v) is 9.97. The maximum Gasteiger partial charge on any atom is 0.253 e. The third-order valence-corrected chi connectivity index (χ3v) is 6.15. The number of aryl methyl sites for hydroxylation is 3. The van der Waals surface area contributed by atoms with E-state index in [1.807, 2.05) is 29.5 Å². The summed E-state index contributed by atoms with van der Waals surface area (Å²) in [5.41, 5.74) is 2.94. The third-order valence-electron chi connectivity index (χ3n) is 6.15. The van der Waals surface area contributed by atoms with E-state index in [9.17, 15) is 9.59 Å². The average Bonchev–Trinajstić information content (AvgIpc) is 3.23. The van der Waals surface area contributed by atoms with Gasteiger partial charge in [-0.15, -0.1) is 0 Å². The average molecular weight is 381 g/mol. The van der Waals surface area contributed by atoms with Crippen LogP contribution >= 0.6 is 0 Å². The first kappa shape index (κ1) is 18.7. The first-order chi connectivity index (χ1) is 13.5. The van der Waals surface area contributed by atoms with Crippen molar-refractivity contribution in [2.24, 2.45) is 5.41 Å². The van der Waals surface area contributed by atoms with E-state index in [2.05, 4.69) is 15.4 Å². The predicted octanol–water partition coefficient (Wildman–Crippen LogP) is 2.10. The van der Waals surface area contributed by atoms with Crippen LogP contribution in [0.15, 0.2) is 30.6 Å². The maximum absolute atomic E-state index is 12.6. The van der Waals surface area contributed by atoms with Crippen LogP contribution < -0.4 is 5.32 Å². The zero-order valence-corrected chi connectivity index (χ0v) is 16.5. The predicted molar refractivity (Wildman–Crippen MR) is 105 cm³/mol. The van der Waals surface area contributed by atoms with Gasteiger partial charge >= 0.3 is 0 Å². The second kappa shape index (κ2) is 7.37. The van der Waals surface area contributed by atoms with E-state index in [0.717, 1.165) is 43.7 Å². The summed E-state index contributed by atoms with van der Waals surface area (Å²) in [5.74, 6) is 0.160. The van der Waals surface area contributed by atoms with E-state index in [-0.39, 0.29) is 23.3 Å². The minimum Gasteiger partial charge on any atom is -0.353 e. The quantitative estimate of drug-likeness (QED) is 0.860. The summed E-state index contributed by atoms with van der Waals surface area (Å²) < 4.78 is 1.89. The second-order valence-corrected chi connectivity index (χ2v) is 8.11. The molecule has 1 saturated heterocycles. The Morgan fingerprint density at radius 2 is 1.93 bits per heavy atom. The van der Waals surface area contributed by atoms with Crippen LogP contribution in [-0.4, -0.2) is 50.6 Å². The SMILES string of the molecule is Cc1cc(C)n(CCC(=O)NC2CC23CCN(C(=O)c2ccncc2)CC3)n1. The standard InChI is InChI=1S/C21H27N5O2/c1-15-13-16(2)26(24-15)10-5-19(27)23-18-14-21(18)6-11-25(12-7-21)20(28)17-3-8-22-9-4-17/h3-4,8-9,13,18H,5-7,10-12,14H2,1-2H3,(H,23,27). The van der Waals surface area contributed by atoms with Gasteiger partial charge in [-0.25, -0.2) is 0 Å². The molecule has 1 N–H and O–H groups in total. The highest BCUT2D eigenvalue weighted by Crippen LogP contribution is 2.54. The van der Waals surface area contributed by atoms with Crippen molar-refractivity contribution in [1.82, 2.24) is 25.0 Å². The number of carbonyl (C=O) groups excluding carboxylic acids is 2. The van der Waals surface area contributed by atoms with Crippen molar-refractivity contribution in [2.75, 3.05) is 13.1 Å². The van der Waals surface area contributed by atoms with Crippen LogP contribution in [0.2, 0.25) is 0 Å². The molecule has 0 aromatic carbocycles. The molecule has 1 unspecified atom stereocenters. The third kappa shape index (κ3) is 3.79. The van der Waals surface area contributed by atoms with E-state index in [1.165, 1.54) is 0 Å². The minimum atomic E-state index is 0.0726. The molecule has 2 aromatic rings. The zero-order valence-electron chi connectivity index (χ0n) is 16.5. The molecule has 7 nitrogen and oxygen atoms in total. The van der Waals surface area contributed by atoms with Crippen molar-refractivity contribution in [1.29, 1.82) is 0 Å². The topological polar surface area (TPSA) is 80.1 Å². The fraction of sp³-hybridized carbons (Fsp3) is 0.524. The van der Waals surface area contributed by atoms with Gasteiger partial charge in [0.15, 0.2) is 0 Å². The lowest BCUT2D eigenvalue weighted by Gasteiger charge is -2.33. The van der Waals surface area contributed by atoms with Crippen molar-refractivity contribution < 1.29 is 9.59 Å². The van der Waals surface area contributed by atoms with Gasteiger partial charge in [0.05, 0.1) is 5.69 Å². The number of pyridine rings is 1. The van der Waals surface area contributed by atoms with E-state index in [1.54, 1.807) is 24.5 Å². The lowest BCUT2D eigenvalue weighted by atomic mass is 9.92. The van der Waals surface area contributed by atoms with Crippen LogP contribution in [0, 0.1) is 19.3 Å². The number of nitrogens with zero attached hydrogens (tertiary/aromatic N) is 4. The van der Waals surface area contributed by atoms with Gasteiger partial charge in [-0.3, -0.25) is 19.3 Å². The molecule has 2 aliphatic rings. The molecule has 2 aromatic heterocycles. The zero-order chi connectivity index (χ0) is 19.7. The van der Waals surface area contributed by atoms with Crippen LogP contribution in [0.1, 0.15) is 47.4 Å². The molecule has 2 amide bonds. The molecule has 3 heterocycles. The Morgan fingerprint density at radius 1 is 1.21 bits per heavy atom. The Hall–Kier alpha value is -2.70. The molecule has 1 aliphatic carbocycles. The van der Waals surface area contributed by atoms with E-state index in [4.69, 9.17) is 0 Å². The number of piperidine rings is 1. The molecule has 1 saturated carbocycles. The number of rotatable bonds is 5. The number of hydrogen-bond acceptors (Lipinski definition) is 4. The Kier molecular flexibility index (Phi) is 4.91. The number of likely N-dealkylation sites (tertiary alicyclic amines) is 1. The van der Waals surface area contributed by atoms with Gasteiger partial charge in [-0.2, -0.15) is 5.10 Å². The lowest BCUT2D eigenvalue weighted by molar-refractivity contribution is -0.121. The number of nitrogens with one attached hydrogen (secondary N) is 1. The van der Waals surface area contributed by atoms with Crippen LogP contribution in [0.25, 0.3) is 0 Å². The van der Waals surface area contributed by atoms with Gasteiger partial charge in [-0.1, -0.05) is 0 Å². The summed E-state index contributed by atoms with van der Waals surface area (Å²) in [5, 5.41) is 7.60. The maximum atomic E-state index is 12.6. The Labute approximate surface area is 165 Å². The molecular formula is C21H27N5O2. The summed E-state index contributed by atoms with van der Waals surface area (Å²) in [6.45, 7) is 6.08. The van der Waals surface area contributed by atoms with Crippen LogP contribution in [-0.2, 0) is 11.3 Å². The van der Waals surface area contributed by atoms with Crippen molar-refractivity contribution in [2.45, 2.75) is 52.1 Å². The molecule has 148 valence electrons. The molecule has 2 fully saturated rings. The highest BCUT2D eigenvalue weighted by atomic mass is 16.2. The van der Waals surface area contributed by atoms with Crippen molar-refractivity contribution >= 4 is 11.8 Å². The highest BCUT2D eigenvalue weighted by Gasteiger charge is 2.55. The fourth-order valence-electron chi connectivity index (χ4n) is 4.31. The Balaban J connectivity index is 1.24. The minimum absolute atomic E-state index is 0.0726. The van der Waals surface area contributed by atoms with E-state index in [0.29, 0.717) is 18.5 Å². The van der Waals surface area contributed by atoms with Gasteiger partial charge in [0.1, 0.15) is 0 Å². The molecular weight excluding hydrogens is 354 g/mol. The van der Waals surface area contributed by atoms with Gasteiger partial charge in [-0.05, 0) is 56.7 Å². The van der Waals surface area contributed by atoms with Crippen LogP contribution in [0.5, 0.6) is 0 Å². The molecule has 0 bridgehead atoms. The first-order valence-electron chi connectivity index (χ1n) is 9.97. The van der Waals surface area contributed by atoms with Gasteiger partial charge in [0.25, 0.3) is 5.91 Å². The second-order valence-electron chi connectivity index (χ2n) is 8.11. The lowest BCUT2D eigenvalue weighted by Crippen LogP contribution is -2.41. The summed E-state index contributed by atoms with van der Waals surface area (Å²) in [6, 6.07) is 5.79. The van der Waals surface area contributed by atoms with Crippen molar-refractivity contribution in [3.05, 3.63) is 47.5 Å². The molecule has 0 radical (unpaired) electrons. The summed E-state index contributed by atoms with van der Waals surface area (Å²) in [4.78, 5) is 30.8. The van der Waals surface area contributed by atoms with Gasteiger partial charge < -0.3 is 10.2 Å². The highest BCUT2D eigenvalue weighted by molar-refractivity contribution is 5.94. The van der Waals surface area contributed by atoms with Crippen molar-refractivity contribution in [3.8, 4) is 0 Å². The summed E-state index contributed by atoms with van der Waals surface area (Å²) in [7, 11) is 0. The molecule has 1 aliphatic heterocycles. The van der Waals surface area contributed by atoms with Crippen LogP contribution in [0.3, 0.4) is 0 Å². The summed E-state index contributed by atoms with van der Waals surface area (Å²) >= 11 is 0. The number of hydrogen-bond donors (Lipinski definition) is 1. The largest absolute Gasteiger partial charge is 0.353 e. The molecule has 1 spiro atoms.